The Morgan fingerprint density at radius 1 is 0.850 bits per heavy atom. The highest BCUT2D eigenvalue weighted by Gasteiger charge is 2.74. The van der Waals surface area contributed by atoms with Gasteiger partial charge in [-0.1, -0.05) is 44.0 Å². The highest BCUT2D eigenvalue weighted by Crippen LogP contribution is 2.61. The van der Waals surface area contributed by atoms with Crippen LogP contribution in [0.4, 0.5) is 0 Å². The maximum atomic E-state index is 14.7. The van der Waals surface area contributed by atoms with Crippen LogP contribution in [0.2, 0.25) is 0 Å². The Morgan fingerprint density at radius 2 is 1.45 bits per heavy atom. The normalized spacial score (nSPS) is 26.6. The Kier molecular flexibility index (Phi) is 5.05. The predicted octanol–water partition coefficient (Wildman–Crippen LogP) is 4.13. The van der Waals surface area contributed by atoms with E-state index in [0.29, 0.717) is 5.69 Å². The number of halogens is 2. The first-order chi connectivity index (χ1) is 19.0. The molecule has 4 heterocycles. The number of aromatic nitrogens is 2. The molecule has 2 amide bonds. The predicted molar refractivity (Wildman–Crippen MR) is 159 cm³/mol. The van der Waals surface area contributed by atoms with Gasteiger partial charge < -0.3 is 19.8 Å². The minimum atomic E-state index is -1.47. The SMILES string of the molecule is CN1C(=N)N(C)[C@@]2(Cc3c([nH]c4cc(Br)ccc34)[C@]3(C(=O)N(C)C(=N)N3C)[C@@H]2c2c[nH]c3cc(Br)ccc23)C1=O. The number of benzene rings is 2. The second-order valence-electron chi connectivity index (χ2n) is 10.9. The number of hydrogen-bond donors (Lipinski definition) is 4. The first-order valence-corrected chi connectivity index (χ1v) is 14.3. The Labute approximate surface area is 246 Å². The summed E-state index contributed by atoms with van der Waals surface area (Å²) in [7, 11) is 6.73. The number of rotatable bonds is 1. The van der Waals surface area contributed by atoms with Crippen molar-refractivity contribution in [2.45, 2.75) is 23.4 Å². The molecule has 0 unspecified atom stereocenters. The van der Waals surface area contributed by atoms with Crippen molar-refractivity contribution in [3.05, 3.63) is 68.4 Å². The summed E-state index contributed by atoms with van der Waals surface area (Å²) in [6.07, 6.45) is 2.15. The minimum Gasteiger partial charge on any atom is -0.361 e. The van der Waals surface area contributed by atoms with Crippen LogP contribution < -0.4 is 0 Å². The lowest BCUT2D eigenvalue weighted by molar-refractivity contribution is -0.142. The number of nitrogens with one attached hydrogen (secondary N) is 4. The number of hydrogen-bond acceptors (Lipinski definition) is 4. The van der Waals surface area contributed by atoms with Gasteiger partial charge in [0.1, 0.15) is 5.54 Å². The monoisotopic (exact) mass is 664 g/mol. The first kappa shape index (κ1) is 25.3. The number of carbonyl (C=O) groups excluding carboxylic acids is 2. The summed E-state index contributed by atoms with van der Waals surface area (Å²) in [6.45, 7) is 0. The van der Waals surface area contributed by atoms with Gasteiger partial charge >= 0.3 is 0 Å². The molecule has 1 aliphatic carbocycles. The minimum absolute atomic E-state index is 0.0388. The number of fused-ring (bicyclic) bond motifs is 5. The van der Waals surface area contributed by atoms with Gasteiger partial charge in [-0.3, -0.25) is 30.2 Å². The van der Waals surface area contributed by atoms with Crippen molar-refractivity contribution in [2.75, 3.05) is 28.2 Å². The number of likely N-dealkylation sites (N-methyl/N-ethyl adjacent to an activating group) is 4. The zero-order valence-electron chi connectivity index (χ0n) is 22.2. The fourth-order valence-electron chi connectivity index (χ4n) is 7.37. The maximum absolute atomic E-state index is 14.7. The third kappa shape index (κ3) is 2.73. The van der Waals surface area contributed by atoms with Gasteiger partial charge in [-0.2, -0.15) is 0 Å². The Hall–Kier alpha value is -3.64. The lowest BCUT2D eigenvalue weighted by Gasteiger charge is -2.53. The largest absolute Gasteiger partial charge is 0.361 e. The van der Waals surface area contributed by atoms with E-state index < -0.39 is 17.0 Å². The van der Waals surface area contributed by atoms with E-state index in [4.69, 9.17) is 10.8 Å². The third-order valence-corrected chi connectivity index (χ3v) is 10.3. The molecule has 2 spiro atoms. The Morgan fingerprint density at radius 3 is 2.05 bits per heavy atom. The van der Waals surface area contributed by atoms with Gasteiger partial charge in [-0.15, -0.1) is 0 Å². The van der Waals surface area contributed by atoms with Crippen molar-refractivity contribution >= 4 is 77.4 Å². The van der Waals surface area contributed by atoms with Crippen LogP contribution in [0, 0.1) is 10.8 Å². The van der Waals surface area contributed by atoms with Crippen LogP contribution in [0.3, 0.4) is 0 Å². The van der Waals surface area contributed by atoms with Crippen molar-refractivity contribution in [3.8, 4) is 0 Å². The van der Waals surface area contributed by atoms with Crippen LogP contribution in [0.5, 0.6) is 0 Å². The second kappa shape index (κ2) is 7.97. The number of amides is 2. The fraction of sp³-hybridized carbons (Fsp3) is 0.286. The average molecular weight is 666 g/mol. The summed E-state index contributed by atoms with van der Waals surface area (Å²) in [6, 6.07) is 11.8. The van der Waals surface area contributed by atoms with E-state index in [1.165, 1.54) is 9.80 Å². The number of aromatic amines is 2. The van der Waals surface area contributed by atoms with Gasteiger partial charge in [0.05, 0.1) is 11.6 Å². The van der Waals surface area contributed by atoms with Gasteiger partial charge in [0.15, 0.2) is 5.54 Å². The molecule has 204 valence electrons. The smallest absolute Gasteiger partial charge is 0.261 e. The Balaban J connectivity index is 1.68. The van der Waals surface area contributed by atoms with E-state index in [-0.39, 0.29) is 30.2 Å². The van der Waals surface area contributed by atoms with E-state index in [0.717, 1.165) is 41.9 Å². The van der Waals surface area contributed by atoms with Crippen molar-refractivity contribution < 1.29 is 9.59 Å². The van der Waals surface area contributed by atoms with Crippen molar-refractivity contribution in [1.29, 1.82) is 10.8 Å². The summed E-state index contributed by atoms with van der Waals surface area (Å²) < 4.78 is 1.78. The number of carbonyl (C=O) groups is 2. The summed E-state index contributed by atoms with van der Waals surface area (Å²) in [5, 5.41) is 19.6. The molecule has 2 fully saturated rings. The molecule has 0 radical (unpaired) electrons. The lowest BCUT2D eigenvalue weighted by Crippen LogP contribution is -2.67. The van der Waals surface area contributed by atoms with Crippen LogP contribution in [0.15, 0.2) is 51.5 Å². The molecule has 2 aliphatic heterocycles. The van der Waals surface area contributed by atoms with Gasteiger partial charge in [0.2, 0.25) is 11.9 Å². The zero-order valence-corrected chi connectivity index (χ0v) is 25.4. The maximum Gasteiger partial charge on any atom is 0.261 e. The molecule has 2 saturated heterocycles. The molecule has 3 aliphatic rings. The van der Waals surface area contributed by atoms with E-state index in [1.54, 1.807) is 38.0 Å². The van der Waals surface area contributed by atoms with Gasteiger partial charge in [0.25, 0.3) is 11.8 Å². The fourth-order valence-corrected chi connectivity index (χ4v) is 8.10. The lowest BCUT2D eigenvalue weighted by atomic mass is 9.58. The van der Waals surface area contributed by atoms with Crippen LogP contribution in [-0.4, -0.2) is 87.0 Å². The van der Waals surface area contributed by atoms with Crippen molar-refractivity contribution in [3.63, 3.8) is 0 Å². The Bertz CT molecular complexity index is 1840. The van der Waals surface area contributed by atoms with Gasteiger partial charge in [0, 0.05) is 71.6 Å². The first-order valence-electron chi connectivity index (χ1n) is 12.7. The van der Waals surface area contributed by atoms with Gasteiger partial charge in [-0.05, 0) is 35.4 Å². The molecule has 2 aromatic heterocycles. The molecule has 4 aromatic rings. The van der Waals surface area contributed by atoms with E-state index in [2.05, 4.69) is 41.8 Å². The van der Waals surface area contributed by atoms with Crippen molar-refractivity contribution in [2.24, 2.45) is 0 Å². The highest BCUT2D eigenvalue weighted by molar-refractivity contribution is 9.10. The molecule has 2 aromatic carbocycles. The third-order valence-electron chi connectivity index (χ3n) is 9.28. The summed E-state index contributed by atoms with van der Waals surface area (Å²) in [4.78, 5) is 42.4. The van der Waals surface area contributed by atoms with E-state index in [9.17, 15) is 9.59 Å². The topological polar surface area (TPSA) is 126 Å². The second-order valence-corrected chi connectivity index (χ2v) is 12.7. The quantitative estimate of drug-likeness (QED) is 0.244. The van der Waals surface area contributed by atoms with E-state index >= 15 is 0 Å². The summed E-state index contributed by atoms with van der Waals surface area (Å²) in [5.74, 6) is -1.24. The van der Waals surface area contributed by atoms with Crippen molar-refractivity contribution in [1.82, 2.24) is 29.6 Å². The standard InChI is InChI=1S/C28H26Br2N8O2/c1-35-23(39)27(37(3)25(35)31)11-17-15-7-5-14(30)10-20(15)34-22(17)28(24(40)36(2)26(32)38(28)4)21(27)18-12-33-19-9-13(29)6-8-16(18)19/h5-10,12,21,31-34H,11H2,1-4H3/t21-,27-,28+/m1/s1. The highest BCUT2D eigenvalue weighted by atomic mass is 79.9. The van der Waals surface area contributed by atoms with E-state index in [1.807, 2.05) is 42.6 Å². The summed E-state index contributed by atoms with van der Waals surface area (Å²) in [5.41, 5.74) is 1.19. The van der Waals surface area contributed by atoms with Gasteiger partial charge in [-0.25, -0.2) is 0 Å². The summed E-state index contributed by atoms with van der Waals surface area (Å²) >= 11 is 7.12. The molecule has 10 nitrogen and oxygen atoms in total. The number of nitrogens with zero attached hydrogens (tertiary/aromatic N) is 4. The molecule has 0 saturated carbocycles. The number of guanidine groups is 2. The molecule has 4 N–H and O–H groups in total. The zero-order chi connectivity index (χ0) is 28.5. The number of H-pyrrole nitrogens is 2. The van der Waals surface area contributed by atoms with Crippen LogP contribution in [0.25, 0.3) is 21.8 Å². The molecule has 7 rings (SSSR count). The molecule has 3 atom stereocenters. The molecule has 12 heteroatoms. The molecule has 0 bridgehead atoms. The molecular formula is C28H26Br2N8O2. The van der Waals surface area contributed by atoms with Crippen LogP contribution >= 0.6 is 31.9 Å². The average Bonchev–Trinajstić information content (AvgIpc) is 3.59. The molecule has 40 heavy (non-hydrogen) atoms. The van der Waals surface area contributed by atoms with Crippen LogP contribution in [0.1, 0.15) is 22.7 Å². The van der Waals surface area contributed by atoms with Crippen LogP contribution in [-0.2, 0) is 21.5 Å². The molecular weight excluding hydrogens is 640 g/mol.